The first-order valence-electron chi connectivity index (χ1n) is 10.3. The van der Waals surface area contributed by atoms with Gasteiger partial charge in [0, 0.05) is 6.54 Å². The predicted octanol–water partition coefficient (Wildman–Crippen LogP) is 4.18. The fourth-order valence-electron chi connectivity index (χ4n) is 4.55. The van der Waals surface area contributed by atoms with Crippen molar-refractivity contribution in [2.24, 2.45) is 0 Å². The van der Waals surface area contributed by atoms with E-state index in [0.29, 0.717) is 12.0 Å². The van der Waals surface area contributed by atoms with E-state index in [4.69, 9.17) is 0 Å². The molecule has 1 fully saturated rings. The Bertz CT molecular complexity index is 964. The SMILES string of the molecule is O=C1N[C@@]2(CCCCc3ccccc32)C(=O)N1CN(Cc1ccccc1)CC(F)(F)F. The fraction of sp³-hybridized carbons (Fsp3) is 0.391. The number of rotatable bonds is 5. The van der Waals surface area contributed by atoms with E-state index in [2.05, 4.69) is 5.32 Å². The van der Waals surface area contributed by atoms with Gasteiger partial charge < -0.3 is 5.32 Å². The molecular formula is C23H24F3N3O2. The second-order valence-corrected chi connectivity index (χ2v) is 8.16. The number of urea groups is 1. The maximum Gasteiger partial charge on any atom is 0.401 e. The van der Waals surface area contributed by atoms with Gasteiger partial charge in [-0.3, -0.25) is 9.69 Å². The number of nitrogens with one attached hydrogen (secondary N) is 1. The zero-order chi connectivity index (χ0) is 22.1. The molecule has 0 aromatic heterocycles. The van der Waals surface area contributed by atoms with Crippen molar-refractivity contribution in [1.82, 2.24) is 15.1 Å². The van der Waals surface area contributed by atoms with Crippen molar-refractivity contribution in [3.05, 3.63) is 71.3 Å². The highest BCUT2D eigenvalue weighted by Gasteiger charge is 2.53. The van der Waals surface area contributed by atoms with E-state index in [1.54, 1.807) is 30.3 Å². The maximum absolute atomic E-state index is 13.5. The molecule has 3 amide bonds. The Morgan fingerprint density at radius 1 is 1.00 bits per heavy atom. The number of alkyl halides is 3. The molecule has 1 atom stereocenters. The molecule has 1 heterocycles. The van der Waals surface area contributed by atoms with Crippen molar-refractivity contribution in [2.75, 3.05) is 13.2 Å². The molecule has 1 N–H and O–H groups in total. The summed E-state index contributed by atoms with van der Waals surface area (Å²) in [7, 11) is 0. The normalized spacial score (nSPS) is 21.4. The molecule has 1 aliphatic heterocycles. The van der Waals surface area contributed by atoms with Crippen molar-refractivity contribution >= 4 is 11.9 Å². The van der Waals surface area contributed by atoms with Crippen molar-refractivity contribution < 1.29 is 22.8 Å². The molecule has 5 nitrogen and oxygen atoms in total. The molecule has 1 aliphatic carbocycles. The molecule has 2 aromatic carbocycles. The zero-order valence-corrected chi connectivity index (χ0v) is 17.0. The number of amides is 3. The number of carbonyl (C=O) groups is 2. The number of halogens is 3. The van der Waals surface area contributed by atoms with Crippen LogP contribution in [0.5, 0.6) is 0 Å². The summed E-state index contributed by atoms with van der Waals surface area (Å²) < 4.78 is 39.7. The third kappa shape index (κ3) is 4.44. The summed E-state index contributed by atoms with van der Waals surface area (Å²) in [6, 6.07) is 15.5. The van der Waals surface area contributed by atoms with Gasteiger partial charge in [0.15, 0.2) is 0 Å². The van der Waals surface area contributed by atoms with Gasteiger partial charge in [-0.25, -0.2) is 9.69 Å². The number of imide groups is 1. The number of nitrogens with zero attached hydrogens (tertiary/aromatic N) is 2. The number of hydrogen-bond acceptors (Lipinski definition) is 3. The summed E-state index contributed by atoms with van der Waals surface area (Å²) >= 11 is 0. The standard InChI is InChI=1S/C23H24F3N3O2/c24-23(25,26)15-28(14-17-8-2-1-3-9-17)16-29-20(30)22(27-21(29)31)13-7-6-11-18-10-4-5-12-19(18)22/h1-5,8-10,12H,6-7,11,13-16H2,(H,27,31)/t22-/m1/s1. The lowest BCUT2D eigenvalue weighted by Gasteiger charge is -2.29. The van der Waals surface area contributed by atoms with Crippen LogP contribution in [0.1, 0.15) is 36.0 Å². The summed E-state index contributed by atoms with van der Waals surface area (Å²) in [6.07, 6.45) is -1.60. The number of hydrogen-bond donors (Lipinski definition) is 1. The van der Waals surface area contributed by atoms with Gasteiger partial charge in [-0.05, 0) is 42.4 Å². The molecule has 0 saturated carbocycles. The number of aryl methyl sites for hydroxylation is 1. The summed E-state index contributed by atoms with van der Waals surface area (Å²) in [6.45, 7) is -1.67. The largest absolute Gasteiger partial charge is 0.401 e. The Balaban J connectivity index is 1.62. The Morgan fingerprint density at radius 3 is 2.45 bits per heavy atom. The first-order valence-corrected chi connectivity index (χ1v) is 10.3. The molecule has 31 heavy (non-hydrogen) atoms. The summed E-state index contributed by atoms with van der Waals surface area (Å²) in [5.74, 6) is -0.480. The van der Waals surface area contributed by atoms with Crippen LogP contribution in [0.25, 0.3) is 0 Å². The topological polar surface area (TPSA) is 52.7 Å². The first-order chi connectivity index (χ1) is 14.8. The molecular weight excluding hydrogens is 407 g/mol. The van der Waals surface area contributed by atoms with Gasteiger partial charge in [-0.15, -0.1) is 0 Å². The van der Waals surface area contributed by atoms with Crippen LogP contribution >= 0.6 is 0 Å². The maximum atomic E-state index is 13.5. The highest BCUT2D eigenvalue weighted by molar-refractivity contribution is 6.07. The van der Waals surface area contributed by atoms with E-state index in [1.165, 1.54) is 0 Å². The summed E-state index contributed by atoms with van der Waals surface area (Å²) in [4.78, 5) is 28.3. The van der Waals surface area contributed by atoms with Crippen LogP contribution in [0, 0.1) is 0 Å². The van der Waals surface area contributed by atoms with Crippen LogP contribution in [0.15, 0.2) is 54.6 Å². The van der Waals surface area contributed by atoms with E-state index in [-0.39, 0.29) is 6.54 Å². The molecule has 164 valence electrons. The second kappa shape index (κ2) is 8.34. The Kier molecular flexibility index (Phi) is 5.75. The minimum Gasteiger partial charge on any atom is -0.319 e. The fourth-order valence-corrected chi connectivity index (χ4v) is 4.55. The average Bonchev–Trinajstić information content (AvgIpc) is 2.86. The van der Waals surface area contributed by atoms with Gasteiger partial charge in [0.05, 0.1) is 13.2 Å². The minimum absolute atomic E-state index is 0.0268. The molecule has 2 aliphatic rings. The monoisotopic (exact) mass is 431 g/mol. The van der Waals surface area contributed by atoms with E-state index in [9.17, 15) is 22.8 Å². The second-order valence-electron chi connectivity index (χ2n) is 8.16. The third-order valence-electron chi connectivity index (χ3n) is 5.89. The lowest BCUT2D eigenvalue weighted by atomic mass is 9.84. The van der Waals surface area contributed by atoms with Crippen molar-refractivity contribution in [3.63, 3.8) is 0 Å². The minimum atomic E-state index is -4.46. The molecule has 1 saturated heterocycles. The van der Waals surface area contributed by atoms with Crippen LogP contribution in [0.4, 0.5) is 18.0 Å². The smallest absolute Gasteiger partial charge is 0.319 e. The first kappa shape index (κ1) is 21.4. The number of fused-ring (bicyclic) bond motifs is 2. The van der Waals surface area contributed by atoms with Crippen LogP contribution < -0.4 is 5.32 Å². The summed E-state index contributed by atoms with van der Waals surface area (Å²) in [5.41, 5.74) is 1.21. The van der Waals surface area contributed by atoms with Gasteiger partial charge in [0.2, 0.25) is 0 Å². The van der Waals surface area contributed by atoms with Crippen molar-refractivity contribution in [2.45, 2.75) is 43.9 Å². The van der Waals surface area contributed by atoms with Gasteiger partial charge in [0.1, 0.15) is 5.54 Å². The molecule has 8 heteroatoms. The van der Waals surface area contributed by atoms with E-state index in [1.807, 2.05) is 24.3 Å². The van der Waals surface area contributed by atoms with Crippen molar-refractivity contribution in [1.29, 1.82) is 0 Å². The number of carbonyl (C=O) groups excluding carboxylic acids is 2. The average molecular weight is 431 g/mol. The lowest BCUT2D eigenvalue weighted by molar-refractivity contribution is -0.154. The van der Waals surface area contributed by atoms with Gasteiger partial charge in [-0.2, -0.15) is 13.2 Å². The predicted molar refractivity (Wildman–Crippen MR) is 109 cm³/mol. The van der Waals surface area contributed by atoms with Gasteiger partial charge >= 0.3 is 12.2 Å². The highest BCUT2D eigenvalue weighted by Crippen LogP contribution is 2.39. The molecule has 0 bridgehead atoms. The van der Waals surface area contributed by atoms with Crippen LogP contribution in [0.2, 0.25) is 0 Å². The van der Waals surface area contributed by atoms with E-state index in [0.717, 1.165) is 40.2 Å². The third-order valence-corrected chi connectivity index (χ3v) is 5.89. The molecule has 4 rings (SSSR count). The van der Waals surface area contributed by atoms with Crippen LogP contribution in [-0.4, -0.2) is 41.1 Å². The number of benzene rings is 2. The quantitative estimate of drug-likeness (QED) is 0.723. The van der Waals surface area contributed by atoms with Crippen molar-refractivity contribution in [3.8, 4) is 0 Å². The highest BCUT2D eigenvalue weighted by atomic mass is 19.4. The Hall–Kier alpha value is -2.87. The van der Waals surface area contributed by atoms with E-state index >= 15 is 0 Å². The molecule has 1 spiro atoms. The summed E-state index contributed by atoms with van der Waals surface area (Å²) in [5, 5.41) is 2.83. The van der Waals surface area contributed by atoms with E-state index < -0.39 is 36.9 Å². The van der Waals surface area contributed by atoms with Crippen LogP contribution in [0.3, 0.4) is 0 Å². The molecule has 0 unspecified atom stereocenters. The molecule has 2 aromatic rings. The zero-order valence-electron chi connectivity index (χ0n) is 17.0. The van der Waals surface area contributed by atoms with Gasteiger partial charge in [-0.1, -0.05) is 54.6 Å². The molecule has 0 radical (unpaired) electrons. The Labute approximate surface area is 178 Å². The van der Waals surface area contributed by atoms with Gasteiger partial charge in [0.25, 0.3) is 5.91 Å². The lowest BCUT2D eigenvalue weighted by Crippen LogP contribution is -2.47. The van der Waals surface area contributed by atoms with Crippen LogP contribution in [-0.2, 0) is 23.3 Å². The Morgan fingerprint density at radius 2 is 1.71 bits per heavy atom.